The molecule has 25 heavy (non-hydrogen) atoms. The molecular weight excluding hydrogens is 338 g/mol. The van der Waals surface area contributed by atoms with Gasteiger partial charge in [0.1, 0.15) is 0 Å². The molecule has 1 aromatic rings. The van der Waals surface area contributed by atoms with Crippen molar-refractivity contribution in [2.45, 2.75) is 46.6 Å². The third-order valence-electron chi connectivity index (χ3n) is 4.52. The molecule has 0 bridgehead atoms. The predicted molar refractivity (Wildman–Crippen MR) is 98.2 cm³/mol. The number of rotatable bonds is 6. The molecule has 1 amide bonds. The zero-order valence-electron chi connectivity index (χ0n) is 14.7. The fraction of sp³-hybridized carbons (Fsp3) is 0.350. The first-order chi connectivity index (χ1) is 11.8. The lowest BCUT2D eigenvalue weighted by atomic mass is 9.84. The molecule has 0 saturated carbocycles. The van der Waals surface area contributed by atoms with Crippen molar-refractivity contribution in [3.63, 3.8) is 0 Å². The molecule has 4 nitrogen and oxygen atoms in total. The highest BCUT2D eigenvalue weighted by Gasteiger charge is 2.27. The van der Waals surface area contributed by atoms with Gasteiger partial charge in [0, 0.05) is 40.3 Å². The summed E-state index contributed by atoms with van der Waals surface area (Å²) in [6.07, 6.45) is 1.27. The van der Waals surface area contributed by atoms with Gasteiger partial charge in [-0.15, -0.1) is 0 Å². The molecule has 1 aliphatic rings. The number of nitrogens with one attached hydrogen (secondary N) is 1. The van der Waals surface area contributed by atoms with Crippen molar-refractivity contribution in [3.8, 4) is 0 Å². The SMILES string of the molecule is CC1=C(C)C(=O)C(CCCC(=O)NCc2cccc(Cl)c2)=C(C)C1=O. The number of benzene rings is 1. The summed E-state index contributed by atoms with van der Waals surface area (Å²) in [5.74, 6) is -0.234. The maximum Gasteiger partial charge on any atom is 0.220 e. The zero-order chi connectivity index (χ0) is 18.6. The van der Waals surface area contributed by atoms with E-state index in [1.54, 1.807) is 32.9 Å². The van der Waals surface area contributed by atoms with E-state index in [0.29, 0.717) is 53.1 Å². The highest BCUT2D eigenvalue weighted by molar-refractivity contribution is 6.30. The maximum atomic E-state index is 12.3. The Morgan fingerprint density at radius 1 is 1.04 bits per heavy atom. The van der Waals surface area contributed by atoms with E-state index in [-0.39, 0.29) is 17.5 Å². The fourth-order valence-corrected chi connectivity index (χ4v) is 3.03. The monoisotopic (exact) mass is 359 g/mol. The van der Waals surface area contributed by atoms with Gasteiger partial charge >= 0.3 is 0 Å². The molecule has 0 heterocycles. The van der Waals surface area contributed by atoms with Gasteiger partial charge in [-0.2, -0.15) is 0 Å². The minimum absolute atomic E-state index is 0.0718. The number of ketones is 2. The van der Waals surface area contributed by atoms with E-state index >= 15 is 0 Å². The van der Waals surface area contributed by atoms with Crippen LogP contribution in [0, 0.1) is 0 Å². The molecule has 2 rings (SSSR count). The summed E-state index contributed by atoms with van der Waals surface area (Å²) in [6.45, 7) is 5.46. The predicted octanol–water partition coefficient (Wildman–Crippen LogP) is 3.93. The summed E-state index contributed by atoms with van der Waals surface area (Å²) in [5, 5.41) is 3.47. The van der Waals surface area contributed by atoms with Crippen LogP contribution >= 0.6 is 11.6 Å². The highest BCUT2D eigenvalue weighted by atomic mass is 35.5. The molecule has 0 aromatic heterocycles. The largest absolute Gasteiger partial charge is 0.352 e. The first kappa shape index (κ1) is 19.1. The molecule has 1 aromatic carbocycles. The standard InChI is InChI=1S/C20H22ClNO3/c1-12-13(2)20(25)17(14(3)19(12)24)8-5-9-18(23)22-11-15-6-4-7-16(21)10-15/h4,6-7,10H,5,8-9,11H2,1-3H3,(H,22,23). The summed E-state index contributed by atoms with van der Waals surface area (Å²) in [5.41, 5.74) is 3.01. The number of hydrogen-bond donors (Lipinski definition) is 1. The molecule has 132 valence electrons. The van der Waals surface area contributed by atoms with E-state index in [4.69, 9.17) is 11.6 Å². The number of Topliss-reactive ketones (excluding diaryl/α,β-unsaturated/α-hetero) is 2. The van der Waals surface area contributed by atoms with Crippen LogP contribution in [0.4, 0.5) is 0 Å². The number of carbonyl (C=O) groups excluding carboxylic acids is 3. The van der Waals surface area contributed by atoms with Crippen LogP contribution in [0.15, 0.2) is 46.6 Å². The molecule has 0 atom stereocenters. The Morgan fingerprint density at radius 3 is 2.40 bits per heavy atom. The lowest BCUT2D eigenvalue weighted by Crippen LogP contribution is -2.23. The summed E-state index contributed by atoms with van der Waals surface area (Å²) < 4.78 is 0. The van der Waals surface area contributed by atoms with E-state index in [0.717, 1.165) is 5.56 Å². The Balaban J connectivity index is 1.85. The Kier molecular flexibility index (Phi) is 6.32. The lowest BCUT2D eigenvalue weighted by Gasteiger charge is -2.18. The van der Waals surface area contributed by atoms with Crippen LogP contribution in [0.1, 0.15) is 45.6 Å². The van der Waals surface area contributed by atoms with Gasteiger partial charge in [-0.25, -0.2) is 0 Å². The first-order valence-corrected chi connectivity index (χ1v) is 8.66. The van der Waals surface area contributed by atoms with Crippen molar-refractivity contribution in [3.05, 3.63) is 57.1 Å². The van der Waals surface area contributed by atoms with E-state index in [1.807, 2.05) is 12.1 Å². The number of allylic oxidation sites excluding steroid dienone is 4. The second kappa shape index (κ2) is 8.26. The summed E-state index contributed by atoms with van der Waals surface area (Å²) in [7, 11) is 0. The van der Waals surface area contributed by atoms with Gasteiger partial charge in [0.15, 0.2) is 11.6 Å². The molecule has 0 saturated heterocycles. The summed E-state index contributed by atoms with van der Waals surface area (Å²) in [4.78, 5) is 36.4. The smallest absolute Gasteiger partial charge is 0.220 e. The van der Waals surface area contributed by atoms with Gasteiger partial charge in [-0.1, -0.05) is 23.7 Å². The lowest BCUT2D eigenvalue weighted by molar-refractivity contribution is -0.121. The van der Waals surface area contributed by atoms with Gasteiger partial charge in [0.05, 0.1) is 0 Å². The van der Waals surface area contributed by atoms with Gasteiger partial charge in [-0.3, -0.25) is 14.4 Å². The van der Waals surface area contributed by atoms with Gasteiger partial charge in [0.25, 0.3) is 0 Å². The molecule has 0 fully saturated rings. The zero-order valence-corrected chi connectivity index (χ0v) is 15.5. The molecule has 0 radical (unpaired) electrons. The second-order valence-corrected chi connectivity index (χ2v) is 6.71. The minimum atomic E-state index is -0.0868. The third kappa shape index (κ3) is 4.67. The van der Waals surface area contributed by atoms with Crippen molar-refractivity contribution in [2.75, 3.05) is 0 Å². The van der Waals surface area contributed by atoms with Crippen molar-refractivity contribution in [1.82, 2.24) is 5.32 Å². The van der Waals surface area contributed by atoms with Crippen molar-refractivity contribution < 1.29 is 14.4 Å². The number of hydrogen-bond acceptors (Lipinski definition) is 3. The van der Waals surface area contributed by atoms with Crippen LogP contribution in [0.5, 0.6) is 0 Å². The van der Waals surface area contributed by atoms with Crippen LogP contribution in [-0.4, -0.2) is 17.5 Å². The quantitative estimate of drug-likeness (QED) is 0.783. The van der Waals surface area contributed by atoms with E-state index in [9.17, 15) is 14.4 Å². The third-order valence-corrected chi connectivity index (χ3v) is 4.76. The van der Waals surface area contributed by atoms with Crippen LogP contribution in [0.25, 0.3) is 0 Å². The average molecular weight is 360 g/mol. The minimum Gasteiger partial charge on any atom is -0.352 e. The molecule has 0 aliphatic heterocycles. The van der Waals surface area contributed by atoms with Gasteiger partial charge in [0.2, 0.25) is 5.91 Å². The first-order valence-electron chi connectivity index (χ1n) is 8.29. The molecule has 0 spiro atoms. The molecule has 0 unspecified atom stereocenters. The van der Waals surface area contributed by atoms with E-state index in [1.165, 1.54) is 0 Å². The van der Waals surface area contributed by atoms with Crippen molar-refractivity contribution >= 4 is 29.1 Å². The van der Waals surface area contributed by atoms with Crippen LogP contribution < -0.4 is 5.32 Å². The van der Waals surface area contributed by atoms with Crippen LogP contribution in [0.3, 0.4) is 0 Å². The average Bonchev–Trinajstić information content (AvgIpc) is 2.59. The van der Waals surface area contributed by atoms with Gasteiger partial charge in [-0.05, 0) is 51.3 Å². The molecule has 1 aliphatic carbocycles. The van der Waals surface area contributed by atoms with Crippen LogP contribution in [0.2, 0.25) is 5.02 Å². The molecule has 1 N–H and O–H groups in total. The topological polar surface area (TPSA) is 63.2 Å². The van der Waals surface area contributed by atoms with Gasteiger partial charge < -0.3 is 5.32 Å². The van der Waals surface area contributed by atoms with Crippen LogP contribution in [-0.2, 0) is 20.9 Å². The van der Waals surface area contributed by atoms with Crippen molar-refractivity contribution in [2.24, 2.45) is 0 Å². The number of carbonyl (C=O) groups is 3. The Hall–Kier alpha value is -2.20. The Bertz CT molecular complexity index is 790. The number of halogens is 1. The van der Waals surface area contributed by atoms with E-state index in [2.05, 4.69) is 5.32 Å². The Morgan fingerprint density at radius 2 is 1.72 bits per heavy atom. The maximum absolute atomic E-state index is 12.3. The Labute approximate surface area is 152 Å². The fourth-order valence-electron chi connectivity index (χ4n) is 2.82. The second-order valence-electron chi connectivity index (χ2n) is 6.27. The van der Waals surface area contributed by atoms with Crippen molar-refractivity contribution in [1.29, 1.82) is 0 Å². The number of amides is 1. The van der Waals surface area contributed by atoms with E-state index < -0.39 is 0 Å². The summed E-state index contributed by atoms with van der Waals surface area (Å²) in [6, 6.07) is 7.32. The summed E-state index contributed by atoms with van der Waals surface area (Å²) >= 11 is 5.91. The molecule has 5 heteroatoms. The normalized spacial score (nSPS) is 15.0. The molecular formula is C20H22ClNO3. The highest BCUT2D eigenvalue weighted by Crippen LogP contribution is 2.27.